The van der Waals surface area contributed by atoms with Crippen LogP contribution in [-0.2, 0) is 4.79 Å². The van der Waals surface area contributed by atoms with Crippen LogP contribution in [0, 0.1) is 51.8 Å². The molecule has 0 aromatic heterocycles. The predicted octanol–water partition coefficient (Wildman–Crippen LogP) is 4.04. The first-order valence-electron chi connectivity index (χ1n) is 9.80. The monoisotopic (exact) mass is 339 g/mol. The van der Waals surface area contributed by atoms with E-state index < -0.39 is 5.41 Å². The Balaban J connectivity index is 1.73. The van der Waals surface area contributed by atoms with Crippen LogP contribution in [0.3, 0.4) is 0 Å². The van der Waals surface area contributed by atoms with E-state index in [2.05, 4.69) is 26.5 Å². The number of hydrogen-bond donors (Lipinski definition) is 1. The smallest absolute Gasteiger partial charge is 0.155 e. The van der Waals surface area contributed by atoms with Crippen molar-refractivity contribution in [1.82, 2.24) is 0 Å². The van der Waals surface area contributed by atoms with Crippen LogP contribution in [0.5, 0.6) is 0 Å². The van der Waals surface area contributed by atoms with Gasteiger partial charge in [0.25, 0.3) is 0 Å². The molecule has 4 aliphatic carbocycles. The van der Waals surface area contributed by atoms with Gasteiger partial charge in [-0.25, -0.2) is 0 Å². The number of aliphatic hydroxyl groups is 1. The highest BCUT2D eigenvalue weighted by molar-refractivity contribution is 5.91. The number of hydrogen-bond acceptors (Lipinski definition) is 3. The van der Waals surface area contributed by atoms with Gasteiger partial charge in [-0.2, -0.15) is 5.26 Å². The second-order valence-corrected chi connectivity index (χ2v) is 9.31. The minimum absolute atomic E-state index is 0.00822. The van der Waals surface area contributed by atoms with E-state index in [1.165, 1.54) is 5.57 Å². The van der Waals surface area contributed by atoms with Gasteiger partial charge >= 0.3 is 0 Å². The summed E-state index contributed by atoms with van der Waals surface area (Å²) in [5.74, 6) is 2.44. The summed E-state index contributed by atoms with van der Waals surface area (Å²) in [6, 6.07) is 2.61. The summed E-state index contributed by atoms with van der Waals surface area (Å²) in [6.45, 7) is 8.82. The van der Waals surface area contributed by atoms with Crippen molar-refractivity contribution in [3.05, 3.63) is 23.8 Å². The van der Waals surface area contributed by atoms with Crippen LogP contribution in [-0.4, -0.2) is 17.5 Å². The van der Waals surface area contributed by atoms with Crippen molar-refractivity contribution >= 4 is 5.78 Å². The Morgan fingerprint density at radius 2 is 2.12 bits per heavy atom. The fourth-order valence-corrected chi connectivity index (χ4v) is 6.91. The van der Waals surface area contributed by atoms with Crippen molar-refractivity contribution in [1.29, 1.82) is 5.26 Å². The van der Waals surface area contributed by atoms with E-state index in [4.69, 9.17) is 0 Å². The fourth-order valence-electron chi connectivity index (χ4n) is 6.91. The Morgan fingerprint density at radius 1 is 1.36 bits per heavy atom. The van der Waals surface area contributed by atoms with E-state index in [1.54, 1.807) is 0 Å². The summed E-state index contributed by atoms with van der Waals surface area (Å²) >= 11 is 0. The molecule has 0 aliphatic heterocycles. The van der Waals surface area contributed by atoms with Gasteiger partial charge in [-0.05, 0) is 74.2 Å². The summed E-state index contributed by atoms with van der Waals surface area (Å²) in [5.41, 5.74) is 1.88. The summed E-state index contributed by atoms with van der Waals surface area (Å²) in [6.07, 6.45) is 7.57. The third kappa shape index (κ3) is 2.10. The normalized spacial score (nSPS) is 48.9. The number of nitriles is 1. The van der Waals surface area contributed by atoms with Crippen LogP contribution in [0.15, 0.2) is 23.8 Å². The van der Waals surface area contributed by atoms with Gasteiger partial charge in [-0.3, -0.25) is 4.79 Å². The summed E-state index contributed by atoms with van der Waals surface area (Å²) in [4.78, 5) is 11.9. The second kappa shape index (κ2) is 5.55. The molecule has 0 aromatic rings. The van der Waals surface area contributed by atoms with Crippen LogP contribution in [0.25, 0.3) is 0 Å². The third-order valence-corrected chi connectivity index (χ3v) is 8.64. The van der Waals surface area contributed by atoms with Crippen LogP contribution in [0.1, 0.15) is 52.4 Å². The maximum absolute atomic E-state index is 11.9. The zero-order valence-corrected chi connectivity index (χ0v) is 15.4. The number of carbonyl (C=O) groups excluding carboxylic acids is 1. The predicted molar refractivity (Wildman–Crippen MR) is 96.3 cm³/mol. The SMILES string of the molecule is C=C1C[C@H]2[C@@H]3C[C@H](CO)C4=CC(=O)CC[C@@H]4[C@H]3CC[C@]2(C)[C@@]1(C)C#N. The molecule has 0 saturated heterocycles. The van der Waals surface area contributed by atoms with Gasteiger partial charge < -0.3 is 5.11 Å². The van der Waals surface area contributed by atoms with E-state index in [9.17, 15) is 15.2 Å². The zero-order chi connectivity index (χ0) is 18.0. The third-order valence-electron chi connectivity index (χ3n) is 8.64. The van der Waals surface area contributed by atoms with Gasteiger partial charge in [0.1, 0.15) is 0 Å². The van der Waals surface area contributed by atoms with Gasteiger partial charge in [0.15, 0.2) is 5.78 Å². The van der Waals surface area contributed by atoms with Crippen LogP contribution >= 0.6 is 0 Å². The maximum atomic E-state index is 11.9. The van der Waals surface area contributed by atoms with E-state index >= 15 is 0 Å². The van der Waals surface area contributed by atoms with Crippen molar-refractivity contribution < 1.29 is 9.90 Å². The Kier molecular flexibility index (Phi) is 3.78. The molecule has 0 bridgehead atoms. The lowest BCUT2D eigenvalue weighted by Gasteiger charge is -2.56. The number of aliphatic hydroxyl groups excluding tert-OH is 1. The van der Waals surface area contributed by atoms with Gasteiger partial charge in [-0.1, -0.05) is 24.6 Å². The molecule has 1 N–H and O–H groups in total. The molecule has 0 amide bonds. The Morgan fingerprint density at radius 3 is 2.80 bits per heavy atom. The lowest BCUT2D eigenvalue weighted by Crippen LogP contribution is -2.50. The topological polar surface area (TPSA) is 61.1 Å². The number of rotatable bonds is 1. The number of nitrogens with zero attached hydrogens (tertiary/aromatic N) is 1. The average molecular weight is 339 g/mol. The molecule has 4 aliphatic rings. The van der Waals surface area contributed by atoms with Crippen molar-refractivity contribution in [2.24, 2.45) is 40.4 Å². The molecule has 0 unspecified atom stereocenters. The second-order valence-electron chi connectivity index (χ2n) is 9.31. The number of carbonyl (C=O) groups is 1. The maximum Gasteiger partial charge on any atom is 0.155 e. The van der Waals surface area contributed by atoms with E-state index in [0.29, 0.717) is 30.1 Å². The fraction of sp³-hybridized carbons (Fsp3) is 0.727. The molecule has 25 heavy (non-hydrogen) atoms. The highest BCUT2D eigenvalue weighted by Crippen LogP contribution is 2.69. The zero-order valence-electron chi connectivity index (χ0n) is 15.4. The molecule has 0 radical (unpaired) electrons. The quantitative estimate of drug-likeness (QED) is 0.733. The van der Waals surface area contributed by atoms with Crippen LogP contribution in [0.4, 0.5) is 0 Å². The lowest BCUT2D eigenvalue weighted by molar-refractivity contribution is -0.116. The molecule has 4 rings (SSSR count). The molecule has 0 heterocycles. The minimum Gasteiger partial charge on any atom is -0.396 e. The standard InChI is InChI=1S/C22H29NO2/c1-13-8-20-19-9-14(11-24)18-10-15(25)4-5-16(18)17(19)6-7-21(20,2)22(13,3)12-23/h10,14,16-17,19-20,24H,1,4-9,11H2,2-3H3/t14-,16-,17-,19-,20+,21+,22+/m1/s1. The van der Waals surface area contributed by atoms with E-state index in [0.717, 1.165) is 37.7 Å². The van der Waals surface area contributed by atoms with Crippen LogP contribution < -0.4 is 0 Å². The summed E-state index contributed by atoms with van der Waals surface area (Å²) in [5, 5.41) is 19.9. The largest absolute Gasteiger partial charge is 0.396 e. The molecular formula is C22H29NO2. The van der Waals surface area contributed by atoms with Gasteiger partial charge in [0, 0.05) is 18.9 Å². The number of fused-ring (bicyclic) bond motifs is 5. The first-order chi connectivity index (χ1) is 11.9. The van der Waals surface area contributed by atoms with Gasteiger partial charge in [0.2, 0.25) is 0 Å². The highest BCUT2D eigenvalue weighted by Gasteiger charge is 2.63. The molecule has 7 atom stereocenters. The minimum atomic E-state index is -0.435. The van der Waals surface area contributed by atoms with Crippen LogP contribution in [0.2, 0.25) is 0 Å². The van der Waals surface area contributed by atoms with Crippen molar-refractivity contribution in [3.63, 3.8) is 0 Å². The molecular weight excluding hydrogens is 310 g/mol. The highest BCUT2D eigenvalue weighted by atomic mass is 16.3. The molecule has 3 fully saturated rings. The molecule has 3 nitrogen and oxygen atoms in total. The van der Waals surface area contributed by atoms with Crippen molar-refractivity contribution in [2.75, 3.05) is 6.61 Å². The van der Waals surface area contributed by atoms with Gasteiger partial charge in [0.05, 0.1) is 11.5 Å². The van der Waals surface area contributed by atoms with E-state index in [-0.39, 0.29) is 23.7 Å². The first kappa shape index (κ1) is 17.0. The number of allylic oxidation sites excluding steroid dienone is 1. The summed E-state index contributed by atoms with van der Waals surface area (Å²) < 4.78 is 0. The average Bonchev–Trinajstić information content (AvgIpc) is 2.81. The molecule has 3 saturated carbocycles. The van der Waals surface area contributed by atoms with Crippen molar-refractivity contribution in [2.45, 2.75) is 52.4 Å². The Bertz CT molecular complexity index is 701. The Labute approximate surface area is 150 Å². The summed E-state index contributed by atoms with van der Waals surface area (Å²) in [7, 11) is 0. The van der Waals surface area contributed by atoms with E-state index in [1.807, 2.05) is 6.08 Å². The molecule has 3 heteroatoms. The molecule has 0 aromatic carbocycles. The molecule has 0 spiro atoms. The van der Waals surface area contributed by atoms with Gasteiger partial charge in [-0.15, -0.1) is 0 Å². The first-order valence-corrected chi connectivity index (χ1v) is 9.80. The van der Waals surface area contributed by atoms with Crippen molar-refractivity contribution in [3.8, 4) is 6.07 Å². The molecule has 134 valence electrons. The number of ketones is 1. The lowest BCUT2D eigenvalue weighted by atomic mass is 9.48. The Hall–Kier alpha value is -1.40.